The molecule has 0 aliphatic rings. The highest BCUT2D eigenvalue weighted by Crippen LogP contribution is 2.17. The van der Waals surface area contributed by atoms with Crippen molar-refractivity contribution in [1.82, 2.24) is 20.3 Å². The molecule has 17 heavy (non-hydrogen) atoms. The molecule has 0 atom stereocenters. The summed E-state index contributed by atoms with van der Waals surface area (Å²) in [5, 5.41) is 3.24. The fourth-order valence-corrected chi connectivity index (χ4v) is 1.55. The first-order valence-electron chi connectivity index (χ1n) is 5.74. The van der Waals surface area contributed by atoms with E-state index in [0.717, 1.165) is 35.6 Å². The summed E-state index contributed by atoms with van der Waals surface area (Å²) in [5.74, 6) is 0.732. The van der Waals surface area contributed by atoms with E-state index in [-0.39, 0.29) is 0 Å². The Morgan fingerprint density at radius 1 is 1.18 bits per heavy atom. The number of pyridine rings is 1. The van der Waals surface area contributed by atoms with Crippen LogP contribution in [0, 0.1) is 6.92 Å². The van der Waals surface area contributed by atoms with Crippen LogP contribution in [-0.4, -0.2) is 21.5 Å². The third-order valence-electron chi connectivity index (χ3n) is 2.56. The predicted molar refractivity (Wildman–Crippen MR) is 67.4 cm³/mol. The zero-order valence-corrected chi connectivity index (χ0v) is 10.1. The highest BCUT2D eigenvalue weighted by atomic mass is 14.9. The van der Waals surface area contributed by atoms with Crippen molar-refractivity contribution in [3.63, 3.8) is 0 Å². The molecule has 0 aliphatic carbocycles. The van der Waals surface area contributed by atoms with Gasteiger partial charge in [0.15, 0.2) is 5.82 Å². The molecule has 2 aromatic rings. The van der Waals surface area contributed by atoms with Gasteiger partial charge in [-0.2, -0.15) is 0 Å². The van der Waals surface area contributed by atoms with Gasteiger partial charge in [-0.05, 0) is 25.1 Å². The summed E-state index contributed by atoms with van der Waals surface area (Å²) in [6, 6.07) is 1.96. The molecule has 88 valence electrons. The second-order valence-electron chi connectivity index (χ2n) is 3.89. The van der Waals surface area contributed by atoms with Crippen LogP contribution >= 0.6 is 0 Å². The minimum Gasteiger partial charge on any atom is -0.313 e. The molecular weight excluding hydrogens is 212 g/mol. The van der Waals surface area contributed by atoms with Crippen LogP contribution in [-0.2, 0) is 6.54 Å². The van der Waals surface area contributed by atoms with E-state index in [9.17, 15) is 0 Å². The van der Waals surface area contributed by atoms with Crippen LogP contribution in [0.15, 0.2) is 30.9 Å². The highest BCUT2D eigenvalue weighted by Gasteiger charge is 2.04. The van der Waals surface area contributed by atoms with E-state index >= 15 is 0 Å². The lowest BCUT2D eigenvalue weighted by atomic mass is 10.1. The fraction of sp³-hybridized carbons (Fsp3) is 0.308. The molecule has 2 rings (SSSR count). The normalized spacial score (nSPS) is 10.5. The lowest BCUT2D eigenvalue weighted by Crippen LogP contribution is -2.12. The molecule has 0 saturated heterocycles. The first-order valence-corrected chi connectivity index (χ1v) is 5.74. The van der Waals surface area contributed by atoms with Crippen molar-refractivity contribution < 1.29 is 0 Å². The fourth-order valence-electron chi connectivity index (χ4n) is 1.55. The number of aryl methyl sites for hydroxylation is 1. The van der Waals surface area contributed by atoms with Crippen LogP contribution in [0.1, 0.15) is 18.1 Å². The Morgan fingerprint density at radius 2 is 1.94 bits per heavy atom. The van der Waals surface area contributed by atoms with Crippen molar-refractivity contribution in [3.8, 4) is 11.4 Å². The number of nitrogens with zero attached hydrogens (tertiary/aromatic N) is 3. The molecular formula is C13H16N4. The molecule has 0 amide bonds. The molecule has 4 heteroatoms. The van der Waals surface area contributed by atoms with Gasteiger partial charge in [-0.3, -0.25) is 4.98 Å². The van der Waals surface area contributed by atoms with E-state index in [0.29, 0.717) is 0 Å². The summed E-state index contributed by atoms with van der Waals surface area (Å²) in [6.45, 7) is 5.87. The average molecular weight is 228 g/mol. The summed E-state index contributed by atoms with van der Waals surface area (Å²) in [4.78, 5) is 12.8. The van der Waals surface area contributed by atoms with E-state index in [1.807, 2.05) is 25.4 Å². The second kappa shape index (κ2) is 5.50. The van der Waals surface area contributed by atoms with Gasteiger partial charge in [-0.1, -0.05) is 6.92 Å². The number of nitrogens with one attached hydrogen (secondary N) is 1. The molecule has 1 N–H and O–H groups in total. The van der Waals surface area contributed by atoms with Crippen molar-refractivity contribution in [3.05, 3.63) is 42.0 Å². The van der Waals surface area contributed by atoms with Crippen molar-refractivity contribution >= 4 is 0 Å². The van der Waals surface area contributed by atoms with Gasteiger partial charge in [0.1, 0.15) is 0 Å². The third kappa shape index (κ3) is 2.85. The molecule has 4 nitrogen and oxygen atoms in total. The maximum absolute atomic E-state index is 4.37. The molecule has 0 unspecified atom stereocenters. The number of hydrogen-bond acceptors (Lipinski definition) is 4. The lowest BCUT2D eigenvalue weighted by molar-refractivity contribution is 0.721. The van der Waals surface area contributed by atoms with Crippen LogP contribution in [0.25, 0.3) is 11.4 Å². The number of aromatic nitrogens is 3. The molecule has 2 heterocycles. The predicted octanol–water partition coefficient (Wildman–Crippen LogP) is 1.96. The Kier molecular flexibility index (Phi) is 3.77. The van der Waals surface area contributed by atoms with Crippen molar-refractivity contribution in [2.24, 2.45) is 0 Å². The molecule has 0 radical (unpaired) electrons. The molecule has 0 fully saturated rings. The summed E-state index contributed by atoms with van der Waals surface area (Å²) in [7, 11) is 0. The van der Waals surface area contributed by atoms with Gasteiger partial charge in [-0.15, -0.1) is 0 Å². The average Bonchev–Trinajstić information content (AvgIpc) is 2.38. The van der Waals surface area contributed by atoms with E-state index in [1.165, 1.54) is 0 Å². The van der Waals surface area contributed by atoms with E-state index < -0.39 is 0 Å². The maximum atomic E-state index is 4.37. The van der Waals surface area contributed by atoms with Gasteiger partial charge >= 0.3 is 0 Å². The summed E-state index contributed by atoms with van der Waals surface area (Å²) >= 11 is 0. The Balaban J connectivity index is 2.21. The Morgan fingerprint density at radius 3 is 2.59 bits per heavy atom. The topological polar surface area (TPSA) is 50.7 Å². The molecule has 2 aromatic heterocycles. The molecule has 0 aliphatic heterocycles. The quantitative estimate of drug-likeness (QED) is 0.869. The summed E-state index contributed by atoms with van der Waals surface area (Å²) < 4.78 is 0. The van der Waals surface area contributed by atoms with Gasteiger partial charge in [-0.25, -0.2) is 9.97 Å². The first kappa shape index (κ1) is 11.7. The number of hydrogen-bond donors (Lipinski definition) is 1. The summed E-state index contributed by atoms with van der Waals surface area (Å²) in [5.41, 5.74) is 3.22. The van der Waals surface area contributed by atoms with Crippen LogP contribution < -0.4 is 5.32 Å². The molecule has 0 spiro atoms. The second-order valence-corrected chi connectivity index (χ2v) is 3.89. The van der Waals surface area contributed by atoms with Gasteiger partial charge in [0.05, 0.1) is 0 Å². The van der Waals surface area contributed by atoms with Gasteiger partial charge in [0.2, 0.25) is 0 Å². The minimum absolute atomic E-state index is 0.732. The van der Waals surface area contributed by atoms with Gasteiger partial charge in [0.25, 0.3) is 0 Å². The van der Waals surface area contributed by atoms with E-state index in [4.69, 9.17) is 0 Å². The van der Waals surface area contributed by atoms with Crippen LogP contribution in [0.3, 0.4) is 0 Å². The van der Waals surface area contributed by atoms with Gasteiger partial charge in [0, 0.05) is 42.5 Å². The Hall–Kier alpha value is -1.81. The standard InChI is InChI=1S/C13H16N4/c1-3-14-6-11-7-16-13(17-8-11)12-9-15-5-4-10(12)2/h4-5,7-9,14H,3,6H2,1-2H3. The first-order chi connectivity index (χ1) is 8.31. The van der Waals surface area contributed by atoms with Crippen LogP contribution in [0.5, 0.6) is 0 Å². The number of rotatable bonds is 4. The Labute approximate surface area is 101 Å². The maximum Gasteiger partial charge on any atom is 0.160 e. The van der Waals surface area contributed by atoms with E-state index in [2.05, 4.69) is 27.2 Å². The zero-order valence-electron chi connectivity index (χ0n) is 10.1. The molecule has 0 saturated carbocycles. The van der Waals surface area contributed by atoms with Crippen molar-refractivity contribution in [2.75, 3.05) is 6.54 Å². The summed E-state index contributed by atoms with van der Waals surface area (Å²) in [6.07, 6.45) is 7.29. The Bertz CT molecular complexity index is 479. The lowest BCUT2D eigenvalue weighted by Gasteiger charge is -2.05. The molecule has 0 bridgehead atoms. The van der Waals surface area contributed by atoms with Crippen molar-refractivity contribution in [2.45, 2.75) is 20.4 Å². The monoisotopic (exact) mass is 228 g/mol. The van der Waals surface area contributed by atoms with Gasteiger partial charge < -0.3 is 5.32 Å². The molecule has 0 aromatic carbocycles. The third-order valence-corrected chi connectivity index (χ3v) is 2.56. The largest absolute Gasteiger partial charge is 0.313 e. The smallest absolute Gasteiger partial charge is 0.160 e. The van der Waals surface area contributed by atoms with E-state index in [1.54, 1.807) is 12.4 Å². The van der Waals surface area contributed by atoms with Crippen LogP contribution in [0.2, 0.25) is 0 Å². The van der Waals surface area contributed by atoms with Crippen molar-refractivity contribution in [1.29, 1.82) is 0 Å². The zero-order chi connectivity index (χ0) is 12.1. The van der Waals surface area contributed by atoms with Crippen LogP contribution in [0.4, 0.5) is 0 Å². The minimum atomic E-state index is 0.732. The SMILES string of the molecule is CCNCc1cnc(-c2cnccc2C)nc1. The highest BCUT2D eigenvalue weighted by molar-refractivity contribution is 5.57.